The van der Waals surface area contributed by atoms with Crippen molar-refractivity contribution in [1.82, 2.24) is 14.8 Å². The Kier molecular flexibility index (Phi) is 2.81. The first kappa shape index (κ1) is 10.3. The average molecular weight is 212 g/mol. The molecule has 1 aromatic rings. The van der Waals surface area contributed by atoms with Gasteiger partial charge in [0, 0.05) is 18.8 Å². The highest BCUT2D eigenvalue weighted by molar-refractivity contribution is 8.00. The van der Waals surface area contributed by atoms with Crippen LogP contribution in [0.25, 0.3) is 0 Å². The van der Waals surface area contributed by atoms with Gasteiger partial charge in [0.2, 0.25) is 0 Å². The Morgan fingerprint density at radius 3 is 2.46 bits per heavy atom. The van der Waals surface area contributed by atoms with Gasteiger partial charge in [-0.25, -0.2) is 0 Å². The normalized spacial score (nSPS) is 12.1. The summed E-state index contributed by atoms with van der Waals surface area (Å²) in [6, 6.07) is 0. The van der Waals surface area contributed by atoms with Gasteiger partial charge in [0.25, 0.3) is 0 Å². The first-order chi connectivity index (χ1) is 5.94. The van der Waals surface area contributed by atoms with Crippen molar-refractivity contribution in [2.45, 2.75) is 17.2 Å². The van der Waals surface area contributed by atoms with E-state index in [2.05, 4.69) is 10.2 Å². The molecule has 1 rings (SSSR count). The molecule has 0 spiro atoms. The van der Waals surface area contributed by atoms with Gasteiger partial charge in [0.05, 0.1) is 6.54 Å². The molecule has 0 bridgehead atoms. The van der Waals surface area contributed by atoms with Gasteiger partial charge < -0.3 is 10.3 Å². The lowest BCUT2D eigenvalue weighted by atomic mass is 10.6. The van der Waals surface area contributed by atoms with Crippen molar-refractivity contribution < 1.29 is 13.2 Å². The van der Waals surface area contributed by atoms with E-state index in [1.807, 2.05) is 0 Å². The predicted molar refractivity (Wildman–Crippen MR) is 40.8 cm³/mol. The summed E-state index contributed by atoms with van der Waals surface area (Å²) in [7, 11) is 1.44. The highest BCUT2D eigenvalue weighted by Crippen LogP contribution is 2.35. The maximum absolute atomic E-state index is 11.9. The summed E-state index contributed by atoms with van der Waals surface area (Å²) in [6.45, 7) is 0.0713. The van der Waals surface area contributed by atoms with Gasteiger partial charge in [-0.05, 0) is 0 Å². The predicted octanol–water partition coefficient (Wildman–Crippen LogP) is 0.886. The van der Waals surface area contributed by atoms with Crippen molar-refractivity contribution in [2.24, 2.45) is 12.8 Å². The molecule has 0 amide bonds. The Balaban J connectivity index is 2.84. The Bertz CT molecular complexity index is 294. The van der Waals surface area contributed by atoms with Crippen LogP contribution in [0.2, 0.25) is 0 Å². The van der Waals surface area contributed by atoms with E-state index in [1.54, 1.807) is 0 Å². The highest BCUT2D eigenvalue weighted by Gasteiger charge is 2.32. The van der Waals surface area contributed by atoms with Crippen molar-refractivity contribution in [3.63, 3.8) is 0 Å². The monoisotopic (exact) mass is 212 g/mol. The Hall–Kier alpha value is -0.760. The first-order valence-electron chi connectivity index (χ1n) is 3.28. The molecule has 13 heavy (non-hydrogen) atoms. The summed E-state index contributed by atoms with van der Waals surface area (Å²) < 4.78 is 36.9. The molecule has 0 atom stereocenters. The van der Waals surface area contributed by atoms with Crippen LogP contribution in [-0.2, 0) is 13.6 Å². The van der Waals surface area contributed by atoms with Crippen LogP contribution in [0.5, 0.6) is 0 Å². The zero-order valence-electron chi connectivity index (χ0n) is 6.67. The van der Waals surface area contributed by atoms with E-state index in [9.17, 15) is 13.2 Å². The number of halogens is 3. The quantitative estimate of drug-likeness (QED) is 0.739. The smallest absolute Gasteiger partial charge is 0.324 e. The second-order valence-corrected chi connectivity index (χ2v) is 3.24. The largest absolute Gasteiger partial charge is 0.449 e. The standard InChI is InChI=1S/C5H7F3N4S/c1-12-3(2-9)10-11-4(12)13-5(6,7)8/h2,9H2,1H3. The Labute approximate surface area is 76.3 Å². The van der Waals surface area contributed by atoms with Gasteiger partial charge >= 0.3 is 5.51 Å². The number of rotatable bonds is 2. The van der Waals surface area contributed by atoms with E-state index in [0.29, 0.717) is 5.82 Å². The number of aromatic nitrogens is 3. The van der Waals surface area contributed by atoms with Gasteiger partial charge in [-0.2, -0.15) is 13.2 Å². The van der Waals surface area contributed by atoms with Crippen LogP contribution in [-0.4, -0.2) is 20.3 Å². The Morgan fingerprint density at radius 2 is 2.08 bits per heavy atom. The minimum absolute atomic E-state index is 0.0713. The summed E-state index contributed by atoms with van der Waals surface area (Å²) in [4.78, 5) is 0. The molecule has 0 aliphatic carbocycles. The van der Waals surface area contributed by atoms with E-state index in [-0.39, 0.29) is 23.5 Å². The molecule has 0 fully saturated rings. The molecule has 0 aromatic carbocycles. The zero-order chi connectivity index (χ0) is 10.1. The molecule has 0 saturated carbocycles. The fraction of sp³-hybridized carbons (Fsp3) is 0.600. The third-order valence-corrected chi connectivity index (χ3v) is 2.08. The minimum atomic E-state index is -4.34. The molecular formula is C5H7F3N4S. The maximum atomic E-state index is 11.9. The molecule has 0 radical (unpaired) electrons. The average Bonchev–Trinajstić information content (AvgIpc) is 2.30. The molecule has 0 saturated heterocycles. The van der Waals surface area contributed by atoms with Crippen molar-refractivity contribution in [2.75, 3.05) is 0 Å². The summed E-state index contributed by atoms with van der Waals surface area (Å²) in [5.41, 5.74) is 0.873. The number of nitrogens with two attached hydrogens (primary N) is 1. The summed E-state index contributed by atoms with van der Waals surface area (Å²) in [6.07, 6.45) is 0. The topological polar surface area (TPSA) is 56.7 Å². The molecule has 4 nitrogen and oxygen atoms in total. The number of thioether (sulfide) groups is 1. The van der Waals surface area contributed by atoms with Crippen molar-refractivity contribution in [3.05, 3.63) is 5.82 Å². The lowest BCUT2D eigenvalue weighted by Crippen LogP contribution is -2.07. The van der Waals surface area contributed by atoms with Gasteiger partial charge in [-0.3, -0.25) is 0 Å². The van der Waals surface area contributed by atoms with E-state index >= 15 is 0 Å². The molecule has 1 heterocycles. The van der Waals surface area contributed by atoms with Crippen LogP contribution < -0.4 is 5.73 Å². The first-order valence-corrected chi connectivity index (χ1v) is 4.10. The second kappa shape index (κ2) is 3.54. The van der Waals surface area contributed by atoms with E-state index in [1.165, 1.54) is 11.6 Å². The van der Waals surface area contributed by atoms with Crippen LogP contribution in [0.3, 0.4) is 0 Å². The van der Waals surface area contributed by atoms with Crippen LogP contribution in [0.4, 0.5) is 13.2 Å². The Morgan fingerprint density at radius 1 is 1.46 bits per heavy atom. The lowest BCUT2D eigenvalue weighted by molar-refractivity contribution is -0.0332. The van der Waals surface area contributed by atoms with E-state index in [0.717, 1.165) is 0 Å². The van der Waals surface area contributed by atoms with Crippen LogP contribution in [0.1, 0.15) is 5.82 Å². The fourth-order valence-electron chi connectivity index (χ4n) is 0.715. The highest BCUT2D eigenvalue weighted by atomic mass is 32.2. The third-order valence-electron chi connectivity index (χ3n) is 1.31. The van der Waals surface area contributed by atoms with Crippen molar-refractivity contribution in [1.29, 1.82) is 0 Å². The zero-order valence-corrected chi connectivity index (χ0v) is 7.48. The van der Waals surface area contributed by atoms with Gasteiger partial charge in [0.15, 0.2) is 5.16 Å². The van der Waals surface area contributed by atoms with Gasteiger partial charge in [0.1, 0.15) is 5.82 Å². The van der Waals surface area contributed by atoms with Crippen LogP contribution >= 0.6 is 11.8 Å². The molecule has 0 unspecified atom stereocenters. The third kappa shape index (κ3) is 2.59. The lowest BCUT2D eigenvalue weighted by Gasteiger charge is -2.04. The minimum Gasteiger partial charge on any atom is -0.324 e. The van der Waals surface area contributed by atoms with Gasteiger partial charge in [-0.1, -0.05) is 0 Å². The molecule has 8 heteroatoms. The second-order valence-electron chi connectivity index (χ2n) is 2.21. The fourth-order valence-corrected chi connectivity index (χ4v) is 1.25. The molecule has 2 N–H and O–H groups in total. The van der Waals surface area contributed by atoms with E-state index in [4.69, 9.17) is 5.73 Å². The van der Waals surface area contributed by atoms with Crippen molar-refractivity contribution in [3.8, 4) is 0 Å². The number of nitrogens with zero attached hydrogens (tertiary/aromatic N) is 3. The molecule has 0 aliphatic heterocycles. The summed E-state index contributed by atoms with van der Waals surface area (Å²) >= 11 is -0.303. The molecular weight excluding hydrogens is 205 g/mol. The number of hydrogen-bond donors (Lipinski definition) is 1. The summed E-state index contributed by atoms with van der Waals surface area (Å²) in [5.74, 6) is 0.326. The molecule has 1 aromatic heterocycles. The van der Waals surface area contributed by atoms with Crippen molar-refractivity contribution >= 4 is 11.8 Å². The SMILES string of the molecule is Cn1c(CN)nnc1SC(F)(F)F. The maximum Gasteiger partial charge on any atom is 0.449 e. The van der Waals surface area contributed by atoms with Crippen LogP contribution in [0.15, 0.2) is 5.16 Å². The molecule has 0 aliphatic rings. The number of alkyl halides is 3. The van der Waals surface area contributed by atoms with E-state index < -0.39 is 5.51 Å². The molecule has 74 valence electrons. The van der Waals surface area contributed by atoms with Gasteiger partial charge in [-0.15, -0.1) is 10.2 Å². The summed E-state index contributed by atoms with van der Waals surface area (Å²) in [5, 5.41) is 6.63. The number of hydrogen-bond acceptors (Lipinski definition) is 4. The van der Waals surface area contributed by atoms with Crippen LogP contribution in [0, 0.1) is 0 Å².